The normalized spacial score (nSPS) is 13.8. The number of aromatic nitrogens is 1. The molecule has 2 aliphatic rings. The third-order valence-corrected chi connectivity index (χ3v) is 11.0. The first kappa shape index (κ1) is 34.1. The third-order valence-electron chi connectivity index (χ3n) is 11.0. The Kier molecular flexibility index (Phi) is 9.27. The number of aliphatic imine (C=N–C) groups is 1. The molecule has 55 heavy (non-hydrogen) atoms. The standard InChI is InChI=1S/C40H34N2.C12H9N/c1-2-39(42-40(41)29-11-4-3-5-12-29)32-14-10-13-30(25-32)27-19-21-28(22-20-27)31-23-24-37-35-17-7-6-15-33(35)34-16-8-9-18-36(34)38(37)26-31;1-3-7-11-9(5-1)10-6-2-4-8-12(10)13-11/h2-5,7,9-14,17-26H,6,8,15-16H2,1H3,(H2,41,42);1-8,13H/b39-2-;. The fraction of sp³-hybridized carbons (Fsp3) is 0.0962. The van der Waals surface area contributed by atoms with E-state index in [1.807, 2.05) is 43.3 Å². The number of aromatic amines is 1. The Morgan fingerprint density at radius 2 is 1.07 bits per heavy atom. The van der Waals surface area contributed by atoms with Gasteiger partial charge >= 0.3 is 0 Å². The molecule has 0 unspecified atom stereocenters. The van der Waals surface area contributed by atoms with Crippen LogP contribution in [-0.2, 0) is 12.8 Å². The Labute approximate surface area is 322 Å². The minimum Gasteiger partial charge on any atom is -0.383 e. The van der Waals surface area contributed by atoms with Crippen LogP contribution in [0.4, 0.5) is 0 Å². The summed E-state index contributed by atoms with van der Waals surface area (Å²) in [7, 11) is 0. The van der Waals surface area contributed by atoms with Crippen molar-refractivity contribution in [1.82, 2.24) is 4.98 Å². The van der Waals surface area contributed by atoms with Gasteiger partial charge in [0.25, 0.3) is 0 Å². The number of nitrogens with zero attached hydrogens (tertiary/aromatic N) is 1. The largest absolute Gasteiger partial charge is 0.383 e. The van der Waals surface area contributed by atoms with Gasteiger partial charge in [-0.05, 0) is 112 Å². The van der Waals surface area contributed by atoms with Crippen LogP contribution in [0.25, 0.3) is 72.7 Å². The van der Waals surface area contributed by atoms with Crippen LogP contribution < -0.4 is 5.73 Å². The lowest BCUT2D eigenvalue weighted by atomic mass is 9.80. The smallest absolute Gasteiger partial charge is 0.131 e. The van der Waals surface area contributed by atoms with Crippen LogP contribution >= 0.6 is 0 Å². The average Bonchev–Trinajstić information content (AvgIpc) is 3.65. The first-order chi connectivity index (χ1) is 27.1. The highest BCUT2D eigenvalue weighted by Gasteiger charge is 2.20. The monoisotopic (exact) mass is 709 g/mol. The van der Waals surface area contributed by atoms with Gasteiger partial charge in [0.2, 0.25) is 0 Å². The first-order valence-corrected chi connectivity index (χ1v) is 19.3. The summed E-state index contributed by atoms with van der Waals surface area (Å²) in [5, 5.41) is 5.35. The molecule has 8 aromatic rings. The van der Waals surface area contributed by atoms with Crippen LogP contribution in [0.15, 0.2) is 169 Å². The van der Waals surface area contributed by atoms with Gasteiger partial charge < -0.3 is 10.7 Å². The maximum absolute atomic E-state index is 6.34. The van der Waals surface area contributed by atoms with E-state index in [9.17, 15) is 0 Å². The Bertz CT molecular complexity index is 2760. The molecule has 3 heteroatoms. The molecule has 0 aliphatic heterocycles. The van der Waals surface area contributed by atoms with Crippen molar-refractivity contribution in [3.05, 3.63) is 197 Å². The number of benzene rings is 7. The van der Waals surface area contributed by atoms with Gasteiger partial charge in [0.15, 0.2) is 0 Å². The number of nitrogens with one attached hydrogen (secondary N) is 1. The van der Waals surface area contributed by atoms with E-state index in [0.29, 0.717) is 5.84 Å². The number of H-pyrrole nitrogens is 1. The minimum atomic E-state index is 0.516. The summed E-state index contributed by atoms with van der Waals surface area (Å²) in [5.41, 5.74) is 22.4. The summed E-state index contributed by atoms with van der Waals surface area (Å²) in [5.74, 6) is 0.516. The Hall–Kier alpha value is -6.71. The fourth-order valence-corrected chi connectivity index (χ4v) is 8.25. The molecule has 1 aromatic heterocycles. The van der Waals surface area contributed by atoms with Gasteiger partial charge in [-0.1, -0.05) is 152 Å². The molecule has 0 atom stereocenters. The first-order valence-electron chi connectivity index (χ1n) is 19.3. The van der Waals surface area contributed by atoms with Crippen LogP contribution in [-0.4, -0.2) is 10.8 Å². The van der Waals surface area contributed by atoms with E-state index in [2.05, 4.69) is 145 Å². The summed E-state index contributed by atoms with van der Waals surface area (Å²) in [6.45, 7) is 2.00. The number of allylic oxidation sites excluding steroid dienone is 3. The molecular formula is C52H43N3. The second-order valence-corrected chi connectivity index (χ2v) is 14.3. The van der Waals surface area contributed by atoms with Gasteiger partial charge in [-0.2, -0.15) is 0 Å². The zero-order valence-corrected chi connectivity index (χ0v) is 31.1. The zero-order chi connectivity index (χ0) is 37.1. The Balaban J connectivity index is 0.000000255. The van der Waals surface area contributed by atoms with Crippen molar-refractivity contribution >= 4 is 56.3 Å². The molecule has 266 valence electrons. The second kappa shape index (κ2) is 15.0. The van der Waals surface area contributed by atoms with Gasteiger partial charge in [0.1, 0.15) is 5.84 Å². The second-order valence-electron chi connectivity index (χ2n) is 14.3. The maximum atomic E-state index is 6.34. The van der Waals surface area contributed by atoms with Crippen LogP contribution in [0.1, 0.15) is 53.1 Å². The molecular weight excluding hydrogens is 667 g/mol. The van der Waals surface area contributed by atoms with Gasteiger partial charge in [-0.25, -0.2) is 4.99 Å². The summed E-state index contributed by atoms with van der Waals surface area (Å²) >= 11 is 0. The molecule has 0 radical (unpaired) electrons. The SMILES string of the molecule is C/C=C(\N=C(N)c1ccccc1)c1cccc(-c2ccc(-c3ccc4c5c(c6c(c4c3)C=CCC6)CCC=C5)cc2)c1.c1ccc2c(c1)[nH]c1ccccc12. The molecule has 2 aliphatic carbocycles. The van der Waals surface area contributed by atoms with Gasteiger partial charge in [0, 0.05) is 32.9 Å². The molecule has 7 aromatic carbocycles. The van der Waals surface area contributed by atoms with Crippen LogP contribution in [0.3, 0.4) is 0 Å². The molecule has 3 nitrogen and oxygen atoms in total. The predicted molar refractivity (Wildman–Crippen MR) is 236 cm³/mol. The summed E-state index contributed by atoms with van der Waals surface area (Å²) in [6.07, 6.45) is 16.0. The summed E-state index contributed by atoms with van der Waals surface area (Å²) < 4.78 is 0. The molecule has 0 saturated heterocycles. The van der Waals surface area contributed by atoms with Crippen molar-refractivity contribution in [3.8, 4) is 22.3 Å². The molecule has 0 amide bonds. The maximum Gasteiger partial charge on any atom is 0.131 e. The lowest BCUT2D eigenvalue weighted by molar-refractivity contribution is 0.911. The highest BCUT2D eigenvalue weighted by Crippen LogP contribution is 2.40. The predicted octanol–water partition coefficient (Wildman–Crippen LogP) is 13.2. The van der Waals surface area contributed by atoms with Crippen molar-refractivity contribution in [2.75, 3.05) is 0 Å². The minimum absolute atomic E-state index is 0.516. The van der Waals surface area contributed by atoms with Crippen LogP contribution in [0, 0.1) is 0 Å². The number of hydrogen-bond acceptors (Lipinski definition) is 1. The van der Waals surface area contributed by atoms with Crippen molar-refractivity contribution in [3.63, 3.8) is 0 Å². The van der Waals surface area contributed by atoms with E-state index in [1.54, 1.807) is 11.1 Å². The summed E-state index contributed by atoms with van der Waals surface area (Å²) in [4.78, 5) is 8.13. The number of fused-ring (bicyclic) bond motifs is 9. The van der Waals surface area contributed by atoms with E-state index in [4.69, 9.17) is 10.7 Å². The van der Waals surface area contributed by atoms with Crippen LogP contribution in [0.2, 0.25) is 0 Å². The highest BCUT2D eigenvalue weighted by molar-refractivity contribution is 6.07. The third kappa shape index (κ3) is 6.70. The Morgan fingerprint density at radius 1 is 0.527 bits per heavy atom. The van der Waals surface area contributed by atoms with Gasteiger partial charge in [0.05, 0.1) is 5.70 Å². The lowest BCUT2D eigenvalue weighted by Crippen LogP contribution is -2.13. The molecule has 0 bridgehead atoms. The average molecular weight is 710 g/mol. The van der Waals surface area contributed by atoms with Crippen molar-refractivity contribution in [2.45, 2.75) is 32.6 Å². The number of rotatable bonds is 5. The van der Waals surface area contributed by atoms with Crippen LogP contribution in [0.5, 0.6) is 0 Å². The van der Waals surface area contributed by atoms with E-state index in [1.165, 1.54) is 60.4 Å². The molecule has 3 N–H and O–H groups in total. The van der Waals surface area contributed by atoms with Crippen molar-refractivity contribution in [2.24, 2.45) is 10.7 Å². The molecule has 0 saturated carbocycles. The van der Waals surface area contributed by atoms with E-state index in [0.717, 1.165) is 48.1 Å². The molecule has 0 spiro atoms. The molecule has 0 fully saturated rings. The van der Waals surface area contributed by atoms with Gasteiger partial charge in [-0.3, -0.25) is 0 Å². The number of para-hydroxylation sites is 2. The van der Waals surface area contributed by atoms with E-state index < -0.39 is 0 Å². The number of amidine groups is 1. The lowest BCUT2D eigenvalue weighted by Gasteiger charge is -2.24. The molecule has 10 rings (SSSR count). The van der Waals surface area contributed by atoms with Crippen molar-refractivity contribution in [1.29, 1.82) is 0 Å². The zero-order valence-electron chi connectivity index (χ0n) is 31.1. The Morgan fingerprint density at radius 3 is 1.71 bits per heavy atom. The number of nitrogens with two attached hydrogens (primary N) is 1. The summed E-state index contributed by atoms with van der Waals surface area (Å²) in [6, 6.07) is 51.1. The van der Waals surface area contributed by atoms with E-state index >= 15 is 0 Å². The quantitative estimate of drug-likeness (QED) is 0.136. The topological polar surface area (TPSA) is 54.2 Å². The highest BCUT2D eigenvalue weighted by atomic mass is 14.9. The fourth-order valence-electron chi connectivity index (χ4n) is 8.25. The number of hydrogen-bond donors (Lipinski definition) is 2. The van der Waals surface area contributed by atoms with Gasteiger partial charge in [-0.15, -0.1) is 0 Å². The van der Waals surface area contributed by atoms with E-state index in [-0.39, 0.29) is 0 Å². The molecule has 1 heterocycles. The van der Waals surface area contributed by atoms with Crippen molar-refractivity contribution < 1.29 is 0 Å².